The number of rotatable bonds is 5. The van der Waals surface area contributed by atoms with Gasteiger partial charge in [-0.3, -0.25) is 0 Å². The topological polar surface area (TPSA) is 21.3 Å². The summed E-state index contributed by atoms with van der Waals surface area (Å²) in [5.41, 5.74) is 1.000. The van der Waals surface area contributed by atoms with Crippen LogP contribution < -0.4 is 10.1 Å². The van der Waals surface area contributed by atoms with E-state index in [0.717, 1.165) is 22.4 Å². The average Bonchev–Trinajstić information content (AvgIpc) is 2.44. The van der Waals surface area contributed by atoms with Crippen LogP contribution >= 0.6 is 11.6 Å². The van der Waals surface area contributed by atoms with E-state index >= 15 is 0 Å². The third-order valence-electron chi connectivity index (χ3n) is 4.08. The first kappa shape index (κ1) is 14.5. The predicted molar refractivity (Wildman–Crippen MR) is 82.3 cm³/mol. The summed E-state index contributed by atoms with van der Waals surface area (Å²) >= 11 is 6.23. The number of halogens is 1. The Hall–Kier alpha value is -0.890. The van der Waals surface area contributed by atoms with E-state index in [-0.39, 0.29) is 0 Å². The highest BCUT2D eigenvalue weighted by Crippen LogP contribution is 2.32. The van der Waals surface area contributed by atoms with Crippen LogP contribution in [0, 0.1) is 5.92 Å². The van der Waals surface area contributed by atoms with Crippen molar-refractivity contribution in [2.45, 2.75) is 51.5 Å². The van der Waals surface area contributed by atoms with E-state index in [1.165, 1.54) is 38.5 Å². The minimum absolute atomic E-state index is 0.553. The molecule has 0 unspecified atom stereocenters. The van der Waals surface area contributed by atoms with Crippen LogP contribution in [0.2, 0.25) is 5.02 Å². The lowest BCUT2D eigenvalue weighted by Crippen LogP contribution is -2.26. The van der Waals surface area contributed by atoms with Crippen LogP contribution in [0.15, 0.2) is 18.2 Å². The van der Waals surface area contributed by atoms with Gasteiger partial charge in [0.2, 0.25) is 0 Å². The minimum atomic E-state index is 0.553. The fourth-order valence-corrected chi connectivity index (χ4v) is 3.14. The molecule has 106 valence electrons. The van der Waals surface area contributed by atoms with Crippen molar-refractivity contribution in [3.05, 3.63) is 23.2 Å². The normalized spacial score (nSPS) is 23.1. The largest absolute Gasteiger partial charge is 0.497 e. The first-order valence-electron chi connectivity index (χ1n) is 7.33. The maximum atomic E-state index is 6.23. The predicted octanol–water partition coefficient (Wildman–Crippen LogP) is 5.12. The third kappa shape index (κ3) is 4.04. The molecule has 0 heterocycles. The van der Waals surface area contributed by atoms with E-state index in [2.05, 4.69) is 12.2 Å². The van der Waals surface area contributed by atoms with Crippen LogP contribution in [0.25, 0.3) is 0 Å². The molecule has 1 aromatic rings. The van der Waals surface area contributed by atoms with Crippen LogP contribution in [-0.4, -0.2) is 13.2 Å². The summed E-state index contributed by atoms with van der Waals surface area (Å²) in [6.45, 7) is 2.28. The quantitative estimate of drug-likeness (QED) is 0.809. The highest BCUT2D eigenvalue weighted by Gasteiger charge is 2.20. The van der Waals surface area contributed by atoms with Gasteiger partial charge in [-0.1, -0.05) is 31.4 Å². The Bertz CT molecular complexity index is 400. The zero-order valence-corrected chi connectivity index (χ0v) is 12.7. The molecular weight excluding hydrogens is 258 g/mol. The van der Waals surface area contributed by atoms with Crippen molar-refractivity contribution in [1.29, 1.82) is 0 Å². The van der Waals surface area contributed by atoms with Crippen molar-refractivity contribution in [3.8, 4) is 5.75 Å². The van der Waals surface area contributed by atoms with Gasteiger partial charge in [-0.25, -0.2) is 0 Å². The average molecular weight is 282 g/mol. The lowest BCUT2D eigenvalue weighted by Gasteiger charge is -2.30. The third-order valence-corrected chi connectivity index (χ3v) is 4.41. The van der Waals surface area contributed by atoms with Crippen LogP contribution in [0.5, 0.6) is 5.75 Å². The Balaban J connectivity index is 1.91. The van der Waals surface area contributed by atoms with Crippen molar-refractivity contribution in [2.24, 2.45) is 5.92 Å². The van der Waals surface area contributed by atoms with E-state index in [9.17, 15) is 0 Å². The second-order valence-electron chi connectivity index (χ2n) is 5.50. The molecule has 0 atom stereocenters. The molecule has 0 spiro atoms. The lowest BCUT2D eigenvalue weighted by atomic mass is 9.83. The number of hydrogen-bond acceptors (Lipinski definition) is 2. The molecule has 1 aromatic carbocycles. The summed E-state index contributed by atoms with van der Waals surface area (Å²) in [4.78, 5) is 0. The molecule has 1 N–H and O–H groups in total. The summed E-state index contributed by atoms with van der Waals surface area (Å²) < 4.78 is 5.25. The van der Waals surface area contributed by atoms with Crippen molar-refractivity contribution >= 4 is 17.3 Å². The van der Waals surface area contributed by atoms with E-state index in [4.69, 9.17) is 16.3 Å². The van der Waals surface area contributed by atoms with Crippen molar-refractivity contribution in [2.75, 3.05) is 12.4 Å². The first-order chi connectivity index (χ1) is 9.22. The molecule has 2 nitrogen and oxygen atoms in total. The number of methoxy groups -OCH3 is 1. The van der Waals surface area contributed by atoms with Gasteiger partial charge in [-0.15, -0.1) is 0 Å². The Morgan fingerprint density at radius 2 is 2.00 bits per heavy atom. The molecule has 1 fully saturated rings. The summed E-state index contributed by atoms with van der Waals surface area (Å²) in [6.07, 6.45) is 7.87. The second-order valence-corrected chi connectivity index (χ2v) is 5.90. The molecule has 19 heavy (non-hydrogen) atoms. The Kier molecular flexibility index (Phi) is 5.38. The molecule has 0 amide bonds. The first-order valence-corrected chi connectivity index (χ1v) is 7.70. The number of ether oxygens (including phenoxy) is 1. The van der Waals surface area contributed by atoms with Gasteiger partial charge in [0, 0.05) is 12.1 Å². The van der Waals surface area contributed by atoms with Gasteiger partial charge in [-0.2, -0.15) is 0 Å². The zero-order valence-electron chi connectivity index (χ0n) is 11.9. The number of benzene rings is 1. The molecular formula is C16H24ClNO. The van der Waals surface area contributed by atoms with Gasteiger partial charge in [0.05, 0.1) is 17.8 Å². The highest BCUT2D eigenvalue weighted by molar-refractivity contribution is 6.33. The summed E-state index contributed by atoms with van der Waals surface area (Å²) in [7, 11) is 1.68. The van der Waals surface area contributed by atoms with E-state index in [0.29, 0.717) is 6.04 Å². The maximum Gasteiger partial charge on any atom is 0.121 e. The van der Waals surface area contributed by atoms with Gasteiger partial charge in [0.25, 0.3) is 0 Å². The molecule has 0 radical (unpaired) electrons. The Labute approximate surface area is 121 Å². The van der Waals surface area contributed by atoms with Crippen LogP contribution in [0.1, 0.15) is 45.4 Å². The maximum absolute atomic E-state index is 6.23. The molecule has 0 aromatic heterocycles. The Morgan fingerprint density at radius 1 is 1.26 bits per heavy atom. The SMILES string of the molecule is CCCC1CCC(Nc2cc(OC)ccc2Cl)CC1. The number of nitrogens with one attached hydrogen (secondary N) is 1. The summed E-state index contributed by atoms with van der Waals surface area (Å²) in [5, 5.41) is 4.35. The van der Waals surface area contributed by atoms with E-state index in [1.807, 2.05) is 18.2 Å². The van der Waals surface area contributed by atoms with E-state index in [1.54, 1.807) is 7.11 Å². The summed E-state index contributed by atoms with van der Waals surface area (Å²) in [6, 6.07) is 6.33. The van der Waals surface area contributed by atoms with E-state index < -0.39 is 0 Å². The Morgan fingerprint density at radius 3 is 2.63 bits per heavy atom. The number of hydrogen-bond donors (Lipinski definition) is 1. The second kappa shape index (κ2) is 7.04. The van der Waals surface area contributed by atoms with Gasteiger partial charge >= 0.3 is 0 Å². The minimum Gasteiger partial charge on any atom is -0.497 e. The monoisotopic (exact) mass is 281 g/mol. The van der Waals surface area contributed by atoms with Gasteiger partial charge in [-0.05, 0) is 43.7 Å². The fourth-order valence-electron chi connectivity index (χ4n) is 2.97. The smallest absolute Gasteiger partial charge is 0.121 e. The molecule has 1 aliphatic rings. The lowest BCUT2D eigenvalue weighted by molar-refractivity contribution is 0.319. The fraction of sp³-hybridized carbons (Fsp3) is 0.625. The van der Waals surface area contributed by atoms with Gasteiger partial charge < -0.3 is 10.1 Å². The molecule has 0 saturated heterocycles. The molecule has 0 bridgehead atoms. The van der Waals surface area contributed by atoms with Gasteiger partial charge in [0.1, 0.15) is 5.75 Å². The molecule has 0 aliphatic heterocycles. The molecule has 1 aliphatic carbocycles. The highest BCUT2D eigenvalue weighted by atomic mass is 35.5. The van der Waals surface area contributed by atoms with Crippen molar-refractivity contribution in [3.63, 3.8) is 0 Å². The molecule has 1 saturated carbocycles. The molecule has 2 rings (SSSR count). The standard InChI is InChI=1S/C16H24ClNO/c1-3-4-12-5-7-13(8-6-12)18-16-11-14(19-2)9-10-15(16)17/h9-13,18H,3-8H2,1-2H3. The van der Waals surface area contributed by atoms with Crippen LogP contribution in [0.3, 0.4) is 0 Å². The van der Waals surface area contributed by atoms with Gasteiger partial charge in [0.15, 0.2) is 0 Å². The summed E-state index contributed by atoms with van der Waals surface area (Å²) in [5.74, 6) is 1.79. The van der Waals surface area contributed by atoms with Crippen molar-refractivity contribution < 1.29 is 4.74 Å². The van der Waals surface area contributed by atoms with Crippen LogP contribution in [-0.2, 0) is 0 Å². The van der Waals surface area contributed by atoms with Crippen LogP contribution in [0.4, 0.5) is 5.69 Å². The van der Waals surface area contributed by atoms with Crippen molar-refractivity contribution in [1.82, 2.24) is 0 Å². The number of anilines is 1. The zero-order chi connectivity index (χ0) is 13.7. The molecule has 3 heteroatoms.